The number of alkyl halides is 20. The van der Waals surface area contributed by atoms with Crippen LogP contribution < -0.4 is 0 Å². The van der Waals surface area contributed by atoms with Crippen LogP contribution in [0.5, 0.6) is 0 Å². The van der Waals surface area contributed by atoms with Gasteiger partial charge in [-0.05, 0) is 0 Å². The third-order valence-corrected chi connectivity index (χ3v) is 39.2. The molecule has 0 fully saturated rings. The summed E-state index contributed by atoms with van der Waals surface area (Å²) in [5.41, 5.74) is 0. The zero-order chi connectivity index (χ0) is 46.1. The van der Waals surface area contributed by atoms with Crippen molar-refractivity contribution < 1.29 is 95.4 Å². The van der Waals surface area contributed by atoms with Gasteiger partial charge >= 0.3 is 343 Å². The van der Waals surface area contributed by atoms with Crippen molar-refractivity contribution in [3.63, 3.8) is 0 Å². The Balaban J connectivity index is 8.11. The Labute approximate surface area is 341 Å². The van der Waals surface area contributed by atoms with Crippen LogP contribution in [0.1, 0.15) is 155 Å². The summed E-state index contributed by atoms with van der Waals surface area (Å²) in [5, 5.41) is 0. The van der Waals surface area contributed by atoms with E-state index in [4.69, 9.17) is 6.15 Å². The van der Waals surface area contributed by atoms with Gasteiger partial charge in [-0.3, -0.25) is 0 Å². The van der Waals surface area contributed by atoms with Crippen molar-refractivity contribution in [2.45, 2.75) is 196 Å². The Morgan fingerprint density at radius 3 is 0.695 bits per heavy atom. The van der Waals surface area contributed by atoms with E-state index in [-0.39, 0.29) is 25.7 Å². The summed E-state index contributed by atoms with van der Waals surface area (Å²) >= 11 is -19.1. The summed E-state index contributed by atoms with van der Waals surface area (Å²) in [4.78, 5) is 0. The molecule has 0 aromatic heterocycles. The van der Waals surface area contributed by atoms with E-state index in [1.165, 1.54) is 0 Å². The van der Waals surface area contributed by atoms with Crippen LogP contribution in [-0.2, 0) is 7.56 Å². The molecule has 25 heteroatoms. The summed E-state index contributed by atoms with van der Waals surface area (Å²) in [7, 11) is 0. The molecule has 0 saturated carbocycles. The molecule has 0 unspecified atom stereocenters. The fourth-order valence-electron chi connectivity index (χ4n) is 5.92. The number of hydrogen-bond donors (Lipinski definition) is 0. The molecule has 0 radical (unpaired) electrons. The monoisotopic (exact) mass is 1130 g/mol. The Morgan fingerprint density at radius 2 is 0.492 bits per heavy atom. The second-order valence-electron chi connectivity index (χ2n) is 14.6. The Morgan fingerprint density at radius 1 is 0.288 bits per heavy atom. The number of halogens is 20. The van der Waals surface area contributed by atoms with E-state index in [0.29, 0.717) is 38.5 Å². The number of unbranched alkanes of at least 4 members (excludes halogenated alkanes) is 12. The molecule has 0 bridgehead atoms. The molecule has 0 spiro atoms. The van der Waals surface area contributed by atoms with Crippen LogP contribution in [0, 0.1) is 0 Å². The molecular formula is C34H54F20O3Sn2. The zero-order valence-corrected chi connectivity index (χ0v) is 38.5. The Hall–Kier alpha value is 0.0774. The van der Waals surface area contributed by atoms with Gasteiger partial charge in [0.1, 0.15) is 0 Å². The average molecular weight is 1130 g/mol. The molecule has 0 aliphatic carbocycles. The quantitative estimate of drug-likeness (QED) is 0.0382. The van der Waals surface area contributed by atoms with Gasteiger partial charge in [0.05, 0.1) is 0 Å². The minimum absolute atomic E-state index is 0.138. The maximum atomic E-state index is 16.5. The van der Waals surface area contributed by atoms with E-state index < -0.39 is 156 Å². The molecule has 0 N–H and O–H groups in total. The van der Waals surface area contributed by atoms with Gasteiger partial charge in [0.2, 0.25) is 0 Å². The standard InChI is InChI=1S/2C9H19O.4C4H4F5.O.2Sn/c2*1-2-3-4-5-6-7-8-9-10;4*5-3(6)1-2-4(7,8)9;;;/h2*2-9H2,1H3;4*1-2H2;;;/q2*-1;;;;;;2*+1. The summed E-state index contributed by atoms with van der Waals surface area (Å²) < 4.78 is 282. The van der Waals surface area contributed by atoms with Gasteiger partial charge in [-0.25, -0.2) is 0 Å². The third kappa shape index (κ3) is 21.5. The summed E-state index contributed by atoms with van der Waals surface area (Å²) in [6, 6.07) is 0. The van der Waals surface area contributed by atoms with Crippen LogP contribution in [0.3, 0.4) is 0 Å². The van der Waals surface area contributed by atoms with E-state index >= 15 is 35.1 Å². The number of rotatable bonds is 32. The normalized spacial score (nSPS) is 14.7. The molecule has 0 atom stereocenters. The minimum atomic E-state index is -9.55. The molecule has 0 aliphatic heterocycles. The van der Waals surface area contributed by atoms with Crippen molar-refractivity contribution in [3.8, 4) is 0 Å². The van der Waals surface area contributed by atoms with Gasteiger partial charge in [-0.2, -0.15) is 0 Å². The molecule has 0 amide bonds. The van der Waals surface area contributed by atoms with Crippen molar-refractivity contribution in [1.82, 2.24) is 0 Å². The first kappa shape index (κ1) is 59.1. The first-order valence-electron chi connectivity index (χ1n) is 19.4. The van der Waals surface area contributed by atoms with Gasteiger partial charge in [-0.1, -0.05) is 0 Å². The van der Waals surface area contributed by atoms with Crippen LogP contribution in [0.2, 0.25) is 0 Å². The molecule has 0 aromatic rings. The molecule has 3 nitrogen and oxygen atoms in total. The molecule has 0 aromatic carbocycles. The fraction of sp³-hybridized carbons (Fsp3) is 1.00. The van der Waals surface area contributed by atoms with Gasteiger partial charge in [0.15, 0.2) is 0 Å². The molecule has 0 rings (SSSR count). The van der Waals surface area contributed by atoms with Gasteiger partial charge < -0.3 is 0 Å². The average Bonchev–Trinajstić information content (AvgIpc) is 3.07. The topological polar surface area (TPSA) is 27.7 Å². The Kier molecular flexibility index (Phi) is 25.0. The van der Waals surface area contributed by atoms with Gasteiger partial charge in [0, 0.05) is 0 Å². The first-order valence-corrected chi connectivity index (χ1v) is 29.8. The maximum absolute atomic E-state index is 16.5. The third-order valence-electron chi connectivity index (χ3n) is 9.21. The van der Waals surface area contributed by atoms with Crippen molar-refractivity contribution in [3.05, 3.63) is 0 Å². The fourth-order valence-corrected chi connectivity index (χ4v) is 43.7. The molecule has 0 saturated heterocycles. The molecule has 59 heavy (non-hydrogen) atoms. The second kappa shape index (κ2) is 25.0. The van der Waals surface area contributed by atoms with E-state index in [9.17, 15) is 52.7 Å². The van der Waals surface area contributed by atoms with Gasteiger partial charge in [0.25, 0.3) is 0 Å². The van der Waals surface area contributed by atoms with Crippen LogP contribution >= 0.6 is 0 Å². The van der Waals surface area contributed by atoms with Crippen molar-refractivity contribution in [2.24, 2.45) is 0 Å². The summed E-state index contributed by atoms with van der Waals surface area (Å²) in [6.07, 6.45) is -42.0. The van der Waals surface area contributed by atoms with Crippen LogP contribution in [0.25, 0.3) is 0 Å². The predicted molar refractivity (Wildman–Crippen MR) is 181 cm³/mol. The Bertz CT molecular complexity index is 998. The number of hydrogen-bond acceptors (Lipinski definition) is 3. The van der Waals surface area contributed by atoms with Crippen molar-refractivity contribution in [2.75, 3.05) is 13.2 Å². The van der Waals surface area contributed by atoms with E-state index in [1.54, 1.807) is 0 Å². The predicted octanol–water partition coefficient (Wildman–Crippen LogP) is 15.5. The van der Waals surface area contributed by atoms with E-state index in [1.807, 2.05) is 13.8 Å². The van der Waals surface area contributed by atoms with Crippen LogP contribution in [0.15, 0.2) is 0 Å². The molecule has 0 heterocycles. The van der Waals surface area contributed by atoms with Gasteiger partial charge in [-0.15, -0.1) is 0 Å². The molecule has 0 aliphatic rings. The van der Waals surface area contributed by atoms with Crippen LogP contribution in [0.4, 0.5) is 87.8 Å². The zero-order valence-electron chi connectivity index (χ0n) is 32.8. The second-order valence-corrected chi connectivity index (χ2v) is 36.1. The molecular weight excluding hydrogens is 1070 g/mol. The van der Waals surface area contributed by atoms with Crippen molar-refractivity contribution >= 4 is 38.4 Å². The van der Waals surface area contributed by atoms with Crippen LogP contribution in [-0.4, -0.2) is 92.1 Å². The van der Waals surface area contributed by atoms with E-state index in [2.05, 4.69) is 1.41 Å². The summed E-state index contributed by atoms with van der Waals surface area (Å²) in [5.74, 6) is 0. The first-order chi connectivity index (χ1) is 26.7. The van der Waals surface area contributed by atoms with Crippen molar-refractivity contribution in [1.29, 1.82) is 0 Å². The molecule has 356 valence electrons. The summed E-state index contributed by atoms with van der Waals surface area (Å²) in [6.45, 7) is 0.576. The van der Waals surface area contributed by atoms with E-state index in [0.717, 1.165) is 12.8 Å². The SMILES string of the molecule is CCCCCCCCC[O][Sn]([O][Sn]([O]CCCCCCCCC)([C](F)(F)CCC(F)(F)F)[C](F)(F)CCC(F)(F)F)([C](F)(F)CCC(F)(F)F)[C](F)(F)CCC(F)(F)F.